The SMILES string of the molecule is CCCC(C)(NC(=O)c1ccc(OC(C)(C)C)cc1)C(=O)O. The number of carboxylic acids is 1. The lowest BCUT2D eigenvalue weighted by atomic mass is 9.95. The van der Waals surface area contributed by atoms with Gasteiger partial charge < -0.3 is 15.2 Å². The molecule has 0 radical (unpaired) electrons. The Bertz CT molecular complexity index is 531. The fourth-order valence-electron chi connectivity index (χ4n) is 2.07. The Morgan fingerprint density at radius 3 is 2.09 bits per heavy atom. The van der Waals surface area contributed by atoms with E-state index in [9.17, 15) is 14.7 Å². The minimum atomic E-state index is -1.26. The van der Waals surface area contributed by atoms with E-state index in [0.717, 1.165) is 0 Å². The van der Waals surface area contributed by atoms with E-state index in [1.165, 1.54) is 6.92 Å². The topological polar surface area (TPSA) is 75.6 Å². The van der Waals surface area contributed by atoms with Gasteiger partial charge in [0.15, 0.2) is 0 Å². The van der Waals surface area contributed by atoms with Crippen molar-refractivity contribution in [3.05, 3.63) is 29.8 Å². The largest absolute Gasteiger partial charge is 0.488 e. The third kappa shape index (κ3) is 5.06. The third-order valence-corrected chi connectivity index (χ3v) is 3.15. The molecule has 1 aromatic carbocycles. The number of amides is 1. The van der Waals surface area contributed by atoms with Crippen molar-refractivity contribution in [2.45, 2.75) is 58.6 Å². The van der Waals surface area contributed by atoms with Crippen molar-refractivity contribution in [2.75, 3.05) is 0 Å². The minimum absolute atomic E-state index is 0.313. The molecule has 1 rings (SSSR count). The van der Waals surface area contributed by atoms with Gasteiger partial charge in [0.05, 0.1) is 0 Å². The first-order chi connectivity index (χ1) is 10.1. The van der Waals surface area contributed by atoms with E-state index in [1.807, 2.05) is 27.7 Å². The van der Waals surface area contributed by atoms with Gasteiger partial charge in [0.25, 0.3) is 5.91 Å². The number of carboxylic acid groups (broad SMARTS) is 1. The summed E-state index contributed by atoms with van der Waals surface area (Å²) in [5.74, 6) is -0.769. The summed E-state index contributed by atoms with van der Waals surface area (Å²) in [6.07, 6.45) is 1.04. The van der Waals surface area contributed by atoms with Crippen LogP contribution in [0, 0.1) is 0 Å². The molecule has 0 bridgehead atoms. The van der Waals surface area contributed by atoms with Crippen molar-refractivity contribution in [1.29, 1.82) is 0 Å². The van der Waals surface area contributed by atoms with Crippen molar-refractivity contribution < 1.29 is 19.4 Å². The fourth-order valence-corrected chi connectivity index (χ4v) is 2.07. The number of ether oxygens (including phenoxy) is 1. The van der Waals surface area contributed by atoms with E-state index < -0.39 is 17.4 Å². The summed E-state index contributed by atoms with van der Waals surface area (Å²) in [6, 6.07) is 6.67. The van der Waals surface area contributed by atoms with Gasteiger partial charge in [-0.2, -0.15) is 0 Å². The van der Waals surface area contributed by atoms with Crippen molar-refractivity contribution in [3.8, 4) is 5.75 Å². The number of carbonyl (C=O) groups is 2. The summed E-state index contributed by atoms with van der Waals surface area (Å²) in [4.78, 5) is 23.6. The molecule has 0 spiro atoms. The highest BCUT2D eigenvalue weighted by Crippen LogP contribution is 2.19. The average molecular weight is 307 g/mol. The molecule has 5 nitrogen and oxygen atoms in total. The zero-order chi connectivity index (χ0) is 17.0. The molecule has 0 heterocycles. The highest BCUT2D eigenvalue weighted by Gasteiger charge is 2.34. The van der Waals surface area contributed by atoms with Crippen molar-refractivity contribution in [3.63, 3.8) is 0 Å². The van der Waals surface area contributed by atoms with Gasteiger partial charge in [-0.25, -0.2) is 4.79 Å². The van der Waals surface area contributed by atoms with Crippen LogP contribution in [-0.2, 0) is 4.79 Å². The van der Waals surface area contributed by atoms with E-state index in [4.69, 9.17) is 4.74 Å². The zero-order valence-corrected chi connectivity index (χ0v) is 13.9. The maximum Gasteiger partial charge on any atom is 0.329 e. The predicted octanol–water partition coefficient (Wildman–Crippen LogP) is 3.24. The summed E-state index contributed by atoms with van der Waals surface area (Å²) >= 11 is 0. The lowest BCUT2D eigenvalue weighted by Crippen LogP contribution is -2.52. The molecule has 1 atom stereocenters. The van der Waals surface area contributed by atoms with E-state index >= 15 is 0 Å². The van der Waals surface area contributed by atoms with Crippen LogP contribution < -0.4 is 10.1 Å². The smallest absolute Gasteiger partial charge is 0.329 e. The van der Waals surface area contributed by atoms with Gasteiger partial charge in [0, 0.05) is 5.56 Å². The molecule has 0 saturated carbocycles. The first-order valence-electron chi connectivity index (χ1n) is 7.42. The van der Waals surface area contributed by atoms with E-state index in [2.05, 4.69) is 5.32 Å². The first kappa shape index (κ1) is 18.0. The zero-order valence-electron chi connectivity index (χ0n) is 13.9. The van der Waals surface area contributed by atoms with Crippen LogP contribution in [0.2, 0.25) is 0 Å². The lowest BCUT2D eigenvalue weighted by molar-refractivity contribution is -0.144. The summed E-state index contributed by atoms with van der Waals surface area (Å²) < 4.78 is 5.69. The molecular formula is C17H25NO4. The molecule has 1 amide bonds. The normalized spacial score (nSPS) is 14.0. The van der Waals surface area contributed by atoms with Gasteiger partial charge in [-0.15, -0.1) is 0 Å². The van der Waals surface area contributed by atoms with Gasteiger partial charge in [0.2, 0.25) is 0 Å². The number of benzene rings is 1. The van der Waals surface area contributed by atoms with Crippen molar-refractivity contribution in [1.82, 2.24) is 5.32 Å². The quantitative estimate of drug-likeness (QED) is 0.846. The van der Waals surface area contributed by atoms with Gasteiger partial charge in [-0.3, -0.25) is 4.79 Å². The Hall–Kier alpha value is -2.04. The van der Waals surface area contributed by atoms with Crippen LogP contribution in [-0.4, -0.2) is 28.1 Å². The molecule has 1 unspecified atom stereocenters. The van der Waals surface area contributed by atoms with Crippen LogP contribution in [0.25, 0.3) is 0 Å². The van der Waals surface area contributed by atoms with Crippen LogP contribution in [0.15, 0.2) is 24.3 Å². The second kappa shape index (κ2) is 6.81. The molecule has 2 N–H and O–H groups in total. The summed E-state index contributed by atoms with van der Waals surface area (Å²) in [5, 5.41) is 11.9. The molecule has 22 heavy (non-hydrogen) atoms. The maximum atomic E-state index is 12.2. The number of hydrogen-bond acceptors (Lipinski definition) is 3. The molecular weight excluding hydrogens is 282 g/mol. The fraction of sp³-hybridized carbons (Fsp3) is 0.529. The van der Waals surface area contributed by atoms with Crippen LogP contribution in [0.1, 0.15) is 57.8 Å². The predicted molar refractivity (Wildman–Crippen MR) is 85.2 cm³/mol. The Labute approximate surface area is 131 Å². The van der Waals surface area contributed by atoms with E-state index in [-0.39, 0.29) is 5.60 Å². The number of aliphatic carboxylic acids is 1. The van der Waals surface area contributed by atoms with E-state index in [1.54, 1.807) is 24.3 Å². The monoisotopic (exact) mass is 307 g/mol. The summed E-state index contributed by atoms with van der Waals surface area (Å²) in [7, 11) is 0. The lowest BCUT2D eigenvalue weighted by Gasteiger charge is -2.26. The Morgan fingerprint density at radius 2 is 1.68 bits per heavy atom. The molecule has 0 saturated heterocycles. The third-order valence-electron chi connectivity index (χ3n) is 3.15. The van der Waals surface area contributed by atoms with Crippen LogP contribution in [0.5, 0.6) is 5.75 Å². The molecule has 0 aliphatic rings. The molecule has 0 aliphatic heterocycles. The Morgan fingerprint density at radius 1 is 1.14 bits per heavy atom. The second-order valence-corrected chi connectivity index (χ2v) is 6.58. The molecule has 1 aromatic rings. The maximum absolute atomic E-state index is 12.2. The Balaban J connectivity index is 2.83. The van der Waals surface area contributed by atoms with Crippen molar-refractivity contribution >= 4 is 11.9 Å². The second-order valence-electron chi connectivity index (χ2n) is 6.58. The molecule has 5 heteroatoms. The Kier molecular flexibility index (Phi) is 5.58. The molecule has 0 fully saturated rings. The average Bonchev–Trinajstić information content (AvgIpc) is 2.37. The first-order valence-corrected chi connectivity index (χ1v) is 7.42. The standard InChI is InChI=1S/C17H25NO4/c1-6-11-17(5,15(20)21)18-14(19)12-7-9-13(10-8-12)22-16(2,3)4/h7-10H,6,11H2,1-5H3,(H,18,19)(H,20,21). The van der Waals surface area contributed by atoms with Gasteiger partial charge in [-0.1, -0.05) is 13.3 Å². The number of nitrogens with one attached hydrogen (secondary N) is 1. The number of hydrogen-bond donors (Lipinski definition) is 2. The number of rotatable bonds is 6. The molecule has 122 valence electrons. The summed E-state index contributed by atoms with van der Waals surface area (Å²) in [6.45, 7) is 9.23. The van der Waals surface area contributed by atoms with Gasteiger partial charge in [0.1, 0.15) is 16.9 Å². The van der Waals surface area contributed by atoms with E-state index in [0.29, 0.717) is 24.2 Å². The van der Waals surface area contributed by atoms with Crippen LogP contribution >= 0.6 is 0 Å². The highest BCUT2D eigenvalue weighted by atomic mass is 16.5. The highest BCUT2D eigenvalue weighted by molar-refractivity contribution is 5.97. The van der Waals surface area contributed by atoms with Crippen molar-refractivity contribution in [2.24, 2.45) is 0 Å². The van der Waals surface area contributed by atoms with Gasteiger partial charge in [-0.05, 0) is 58.4 Å². The molecule has 0 aliphatic carbocycles. The molecule has 0 aromatic heterocycles. The van der Waals surface area contributed by atoms with Crippen LogP contribution in [0.3, 0.4) is 0 Å². The summed E-state index contributed by atoms with van der Waals surface area (Å²) in [5.41, 5.74) is -1.16. The minimum Gasteiger partial charge on any atom is -0.488 e. The van der Waals surface area contributed by atoms with Crippen LogP contribution in [0.4, 0.5) is 0 Å². The van der Waals surface area contributed by atoms with Gasteiger partial charge >= 0.3 is 5.97 Å². The number of carbonyl (C=O) groups excluding carboxylic acids is 1.